The predicted molar refractivity (Wildman–Crippen MR) is 129 cm³/mol. The standard InChI is InChI=1S/C26H36N4O2/c1-21-10-12-22(13-11-21)26(31)30(25-9-5-6-14-27-25)20-17-28-15-18-29(19-16-28)23-7-3-4-8-24(23)32-2/h3-9,14,21-22H,10-13,15-20H2,1-2H3/t21-,22-. The highest BCUT2D eigenvalue weighted by Crippen LogP contribution is 2.31. The Morgan fingerprint density at radius 2 is 1.75 bits per heavy atom. The summed E-state index contributed by atoms with van der Waals surface area (Å²) in [5.41, 5.74) is 1.16. The first-order chi connectivity index (χ1) is 15.7. The molecule has 4 rings (SSSR count). The van der Waals surface area contributed by atoms with Crippen molar-refractivity contribution in [3.8, 4) is 5.75 Å². The lowest BCUT2D eigenvalue weighted by atomic mass is 9.82. The largest absolute Gasteiger partial charge is 0.495 e. The van der Waals surface area contributed by atoms with Gasteiger partial charge in [0.15, 0.2) is 0 Å². The monoisotopic (exact) mass is 436 g/mol. The number of nitrogens with zero attached hydrogens (tertiary/aromatic N) is 4. The van der Waals surface area contributed by atoms with Gasteiger partial charge in [0.2, 0.25) is 5.91 Å². The number of carbonyl (C=O) groups excluding carboxylic acids is 1. The van der Waals surface area contributed by atoms with Crippen molar-refractivity contribution in [2.24, 2.45) is 11.8 Å². The first-order valence-corrected chi connectivity index (χ1v) is 12.0. The van der Waals surface area contributed by atoms with E-state index in [1.165, 1.54) is 0 Å². The normalized spacial score (nSPS) is 21.9. The number of benzene rings is 1. The summed E-state index contributed by atoms with van der Waals surface area (Å²) in [6.45, 7) is 7.72. The molecular weight excluding hydrogens is 400 g/mol. The number of anilines is 2. The summed E-state index contributed by atoms with van der Waals surface area (Å²) in [6, 6.07) is 14.1. The number of hydrogen-bond donors (Lipinski definition) is 0. The Bertz CT molecular complexity index is 859. The number of amides is 1. The van der Waals surface area contributed by atoms with Crippen LogP contribution in [0.3, 0.4) is 0 Å². The van der Waals surface area contributed by atoms with E-state index in [1.807, 2.05) is 35.2 Å². The van der Waals surface area contributed by atoms with Crippen molar-refractivity contribution in [2.75, 3.05) is 56.2 Å². The van der Waals surface area contributed by atoms with E-state index in [-0.39, 0.29) is 11.8 Å². The minimum absolute atomic E-state index is 0.135. The number of aromatic nitrogens is 1. The van der Waals surface area contributed by atoms with Gasteiger partial charge in [-0.25, -0.2) is 4.98 Å². The number of pyridine rings is 1. The Kier molecular flexibility index (Phi) is 7.63. The molecule has 2 aliphatic rings. The fourth-order valence-electron chi connectivity index (χ4n) is 4.92. The highest BCUT2D eigenvalue weighted by Gasteiger charge is 2.30. The molecule has 2 fully saturated rings. The first-order valence-electron chi connectivity index (χ1n) is 12.0. The van der Waals surface area contributed by atoms with Crippen molar-refractivity contribution in [3.63, 3.8) is 0 Å². The summed E-state index contributed by atoms with van der Waals surface area (Å²) < 4.78 is 5.54. The summed E-state index contributed by atoms with van der Waals surface area (Å²) in [6.07, 6.45) is 6.08. The van der Waals surface area contributed by atoms with E-state index in [0.29, 0.717) is 6.54 Å². The third-order valence-corrected chi connectivity index (χ3v) is 6.99. The first kappa shape index (κ1) is 22.6. The molecule has 6 heteroatoms. The van der Waals surface area contributed by atoms with E-state index in [9.17, 15) is 4.79 Å². The van der Waals surface area contributed by atoms with Crippen LogP contribution in [0.5, 0.6) is 5.75 Å². The topological polar surface area (TPSA) is 48.9 Å². The average molecular weight is 437 g/mol. The lowest BCUT2D eigenvalue weighted by Crippen LogP contribution is -2.50. The fraction of sp³-hybridized carbons (Fsp3) is 0.538. The van der Waals surface area contributed by atoms with Crippen LogP contribution in [0.15, 0.2) is 48.7 Å². The van der Waals surface area contributed by atoms with E-state index < -0.39 is 0 Å². The highest BCUT2D eigenvalue weighted by molar-refractivity contribution is 5.94. The summed E-state index contributed by atoms with van der Waals surface area (Å²) in [4.78, 5) is 24.7. The minimum atomic E-state index is 0.135. The zero-order valence-electron chi connectivity index (χ0n) is 19.4. The Labute approximate surface area is 192 Å². The lowest BCUT2D eigenvalue weighted by molar-refractivity contribution is -0.123. The molecule has 2 heterocycles. The number of rotatable bonds is 7. The molecule has 0 atom stereocenters. The van der Waals surface area contributed by atoms with Gasteiger partial charge >= 0.3 is 0 Å². The number of para-hydroxylation sites is 2. The molecule has 0 unspecified atom stereocenters. The summed E-state index contributed by atoms with van der Waals surface area (Å²) in [5.74, 6) is 2.83. The third-order valence-electron chi connectivity index (χ3n) is 6.99. The summed E-state index contributed by atoms with van der Waals surface area (Å²) in [7, 11) is 1.73. The molecule has 2 aromatic rings. The molecule has 1 saturated carbocycles. The summed E-state index contributed by atoms with van der Waals surface area (Å²) in [5, 5.41) is 0. The molecule has 1 saturated heterocycles. The molecule has 172 valence electrons. The lowest BCUT2D eigenvalue weighted by Gasteiger charge is -2.38. The molecule has 0 bridgehead atoms. The van der Waals surface area contributed by atoms with Crippen LogP contribution in [0.4, 0.5) is 11.5 Å². The van der Waals surface area contributed by atoms with Gasteiger partial charge in [0.25, 0.3) is 0 Å². The maximum atomic E-state index is 13.4. The molecule has 1 aromatic heterocycles. The predicted octanol–water partition coefficient (Wildman–Crippen LogP) is 4.07. The van der Waals surface area contributed by atoms with Crippen molar-refractivity contribution >= 4 is 17.4 Å². The van der Waals surface area contributed by atoms with Crippen LogP contribution in [-0.2, 0) is 4.79 Å². The Hall–Kier alpha value is -2.60. The molecule has 6 nitrogen and oxygen atoms in total. The second-order valence-corrected chi connectivity index (χ2v) is 9.14. The maximum absolute atomic E-state index is 13.4. The van der Waals surface area contributed by atoms with Crippen molar-refractivity contribution in [3.05, 3.63) is 48.7 Å². The smallest absolute Gasteiger partial charge is 0.231 e. The van der Waals surface area contributed by atoms with Gasteiger partial charge in [0, 0.05) is 51.4 Å². The number of hydrogen-bond acceptors (Lipinski definition) is 5. The number of piperazine rings is 1. The number of ether oxygens (including phenoxy) is 1. The van der Waals surface area contributed by atoms with E-state index in [0.717, 1.165) is 81.6 Å². The van der Waals surface area contributed by atoms with Gasteiger partial charge < -0.3 is 9.64 Å². The van der Waals surface area contributed by atoms with E-state index in [4.69, 9.17) is 4.74 Å². The SMILES string of the molecule is COc1ccccc1N1CCN(CCN(c2ccccn2)C(=O)[C@H]2CC[C@H](C)CC2)CC1. The van der Waals surface area contributed by atoms with Gasteiger partial charge in [-0.15, -0.1) is 0 Å². The van der Waals surface area contributed by atoms with Gasteiger partial charge in [0.1, 0.15) is 11.6 Å². The Balaban J connectivity index is 1.36. The van der Waals surface area contributed by atoms with Crippen LogP contribution in [0.25, 0.3) is 0 Å². The van der Waals surface area contributed by atoms with Crippen LogP contribution in [0, 0.1) is 11.8 Å². The van der Waals surface area contributed by atoms with Gasteiger partial charge in [-0.3, -0.25) is 14.6 Å². The van der Waals surface area contributed by atoms with Gasteiger partial charge in [-0.05, 0) is 55.9 Å². The third kappa shape index (κ3) is 5.41. The second-order valence-electron chi connectivity index (χ2n) is 9.14. The molecule has 1 aliphatic carbocycles. The quantitative estimate of drug-likeness (QED) is 0.655. The molecular formula is C26H36N4O2. The van der Waals surface area contributed by atoms with Crippen LogP contribution in [0.2, 0.25) is 0 Å². The molecule has 1 aliphatic heterocycles. The number of methoxy groups -OCH3 is 1. The zero-order valence-corrected chi connectivity index (χ0v) is 19.4. The van der Waals surface area contributed by atoms with Crippen LogP contribution in [-0.4, -0.2) is 62.2 Å². The van der Waals surface area contributed by atoms with E-state index in [2.05, 4.69) is 33.8 Å². The molecule has 32 heavy (non-hydrogen) atoms. The van der Waals surface area contributed by atoms with Gasteiger partial charge in [0.05, 0.1) is 12.8 Å². The van der Waals surface area contributed by atoms with Gasteiger partial charge in [-0.2, -0.15) is 0 Å². The Morgan fingerprint density at radius 1 is 1.03 bits per heavy atom. The van der Waals surface area contributed by atoms with E-state index >= 15 is 0 Å². The molecule has 0 radical (unpaired) electrons. The average Bonchev–Trinajstić information content (AvgIpc) is 2.85. The van der Waals surface area contributed by atoms with Crippen LogP contribution < -0.4 is 14.5 Å². The summed E-state index contributed by atoms with van der Waals surface area (Å²) >= 11 is 0. The Morgan fingerprint density at radius 3 is 2.44 bits per heavy atom. The van der Waals surface area contributed by atoms with Crippen molar-refractivity contribution in [1.82, 2.24) is 9.88 Å². The van der Waals surface area contributed by atoms with Crippen molar-refractivity contribution in [2.45, 2.75) is 32.6 Å². The van der Waals surface area contributed by atoms with Crippen LogP contribution >= 0.6 is 0 Å². The second kappa shape index (κ2) is 10.8. The zero-order chi connectivity index (χ0) is 22.3. The molecule has 1 amide bonds. The molecule has 0 N–H and O–H groups in total. The number of carbonyl (C=O) groups is 1. The molecule has 0 spiro atoms. The fourth-order valence-corrected chi connectivity index (χ4v) is 4.92. The van der Waals surface area contributed by atoms with Gasteiger partial charge in [-0.1, -0.05) is 25.1 Å². The maximum Gasteiger partial charge on any atom is 0.231 e. The molecule has 1 aromatic carbocycles. The van der Waals surface area contributed by atoms with Crippen molar-refractivity contribution in [1.29, 1.82) is 0 Å². The van der Waals surface area contributed by atoms with Crippen LogP contribution in [0.1, 0.15) is 32.6 Å². The van der Waals surface area contributed by atoms with E-state index in [1.54, 1.807) is 13.3 Å². The highest BCUT2D eigenvalue weighted by atomic mass is 16.5. The minimum Gasteiger partial charge on any atom is -0.495 e. The van der Waals surface area contributed by atoms with Crippen molar-refractivity contribution < 1.29 is 9.53 Å².